The molecule has 14 heavy (non-hydrogen) atoms. The van der Waals surface area contributed by atoms with E-state index in [1.807, 2.05) is 18.8 Å². The highest BCUT2D eigenvalue weighted by Crippen LogP contribution is 2.24. The normalized spacial score (nSPS) is 35.8. The van der Waals surface area contributed by atoms with Gasteiger partial charge in [0.15, 0.2) is 0 Å². The standard InChI is InChI=1S/C10H19NO2S/c1-11-10(8-2-3-12-6-8)9-7-14-5-4-13-9/h8-11H,2-7H2,1H3. The van der Waals surface area contributed by atoms with E-state index in [1.54, 1.807) is 0 Å². The van der Waals surface area contributed by atoms with Gasteiger partial charge in [0.05, 0.1) is 19.3 Å². The summed E-state index contributed by atoms with van der Waals surface area (Å²) in [5.74, 6) is 2.92. The predicted molar refractivity (Wildman–Crippen MR) is 58.8 cm³/mol. The van der Waals surface area contributed by atoms with Gasteiger partial charge in [-0.2, -0.15) is 11.8 Å². The first-order valence-corrected chi connectivity index (χ1v) is 6.51. The van der Waals surface area contributed by atoms with E-state index < -0.39 is 0 Å². The van der Waals surface area contributed by atoms with Gasteiger partial charge < -0.3 is 14.8 Å². The van der Waals surface area contributed by atoms with Gasteiger partial charge in [0.25, 0.3) is 0 Å². The summed E-state index contributed by atoms with van der Waals surface area (Å²) in [5.41, 5.74) is 0. The van der Waals surface area contributed by atoms with Crippen LogP contribution >= 0.6 is 11.8 Å². The van der Waals surface area contributed by atoms with Crippen molar-refractivity contribution in [2.45, 2.75) is 18.6 Å². The number of rotatable bonds is 3. The van der Waals surface area contributed by atoms with Gasteiger partial charge in [-0.05, 0) is 13.5 Å². The van der Waals surface area contributed by atoms with E-state index >= 15 is 0 Å². The molecule has 3 nitrogen and oxygen atoms in total. The number of ether oxygens (including phenoxy) is 2. The molecule has 0 saturated carbocycles. The Kier molecular flexibility index (Phi) is 4.10. The van der Waals surface area contributed by atoms with Crippen molar-refractivity contribution in [2.24, 2.45) is 5.92 Å². The molecule has 0 bridgehead atoms. The molecular formula is C10H19NO2S. The van der Waals surface area contributed by atoms with Crippen LogP contribution in [0.25, 0.3) is 0 Å². The Hall–Kier alpha value is 0.230. The molecule has 2 saturated heterocycles. The zero-order chi connectivity index (χ0) is 9.80. The van der Waals surface area contributed by atoms with Gasteiger partial charge in [-0.15, -0.1) is 0 Å². The molecule has 2 heterocycles. The van der Waals surface area contributed by atoms with Crippen LogP contribution in [0.15, 0.2) is 0 Å². The maximum absolute atomic E-state index is 5.80. The summed E-state index contributed by atoms with van der Waals surface area (Å²) >= 11 is 2.00. The van der Waals surface area contributed by atoms with Gasteiger partial charge in [-0.1, -0.05) is 0 Å². The molecule has 0 aliphatic carbocycles. The molecule has 0 radical (unpaired) electrons. The average molecular weight is 217 g/mol. The SMILES string of the molecule is CNC(C1CCOC1)C1CSCCO1. The Bertz CT molecular complexity index is 168. The largest absolute Gasteiger partial charge is 0.381 e. The molecule has 0 aromatic rings. The second-order valence-corrected chi connectivity index (χ2v) is 5.07. The molecule has 2 fully saturated rings. The fourth-order valence-electron chi connectivity index (χ4n) is 2.27. The first-order chi connectivity index (χ1) is 6.92. The molecule has 0 aromatic heterocycles. The van der Waals surface area contributed by atoms with E-state index in [4.69, 9.17) is 9.47 Å². The van der Waals surface area contributed by atoms with E-state index in [0.717, 1.165) is 31.3 Å². The summed E-state index contributed by atoms with van der Waals surface area (Å²) in [7, 11) is 2.03. The maximum Gasteiger partial charge on any atom is 0.0822 e. The third-order valence-electron chi connectivity index (χ3n) is 3.05. The first kappa shape index (κ1) is 10.7. The molecule has 0 aromatic carbocycles. The number of hydrogen-bond donors (Lipinski definition) is 1. The zero-order valence-electron chi connectivity index (χ0n) is 8.70. The molecule has 3 atom stereocenters. The Balaban J connectivity index is 1.89. The first-order valence-electron chi connectivity index (χ1n) is 5.36. The van der Waals surface area contributed by atoms with Crippen molar-refractivity contribution in [1.82, 2.24) is 5.32 Å². The van der Waals surface area contributed by atoms with Crippen molar-refractivity contribution >= 4 is 11.8 Å². The molecule has 2 aliphatic heterocycles. The monoisotopic (exact) mass is 217 g/mol. The van der Waals surface area contributed by atoms with Crippen molar-refractivity contribution in [2.75, 3.05) is 38.4 Å². The van der Waals surface area contributed by atoms with Crippen LogP contribution in [0.2, 0.25) is 0 Å². The van der Waals surface area contributed by atoms with Crippen molar-refractivity contribution in [3.63, 3.8) is 0 Å². The lowest BCUT2D eigenvalue weighted by molar-refractivity contribution is 0.0297. The van der Waals surface area contributed by atoms with Crippen LogP contribution in [0.1, 0.15) is 6.42 Å². The average Bonchev–Trinajstić information content (AvgIpc) is 2.74. The van der Waals surface area contributed by atoms with Gasteiger partial charge in [0.2, 0.25) is 0 Å². The van der Waals surface area contributed by atoms with E-state index in [2.05, 4.69) is 5.32 Å². The summed E-state index contributed by atoms with van der Waals surface area (Å²) < 4.78 is 11.2. The molecule has 2 rings (SSSR count). The van der Waals surface area contributed by atoms with Crippen LogP contribution in [-0.4, -0.2) is 50.5 Å². The predicted octanol–water partition coefficient (Wildman–Crippen LogP) is 0.743. The van der Waals surface area contributed by atoms with Crippen LogP contribution in [0.4, 0.5) is 0 Å². The third kappa shape index (κ3) is 2.42. The molecule has 0 spiro atoms. The van der Waals surface area contributed by atoms with Crippen molar-refractivity contribution in [3.05, 3.63) is 0 Å². The Morgan fingerprint density at radius 1 is 1.43 bits per heavy atom. The van der Waals surface area contributed by atoms with Gasteiger partial charge in [0.1, 0.15) is 0 Å². The van der Waals surface area contributed by atoms with Crippen molar-refractivity contribution < 1.29 is 9.47 Å². The van der Waals surface area contributed by atoms with Gasteiger partial charge >= 0.3 is 0 Å². The summed E-state index contributed by atoms with van der Waals surface area (Å²) in [6, 6.07) is 0.477. The molecule has 0 amide bonds. The smallest absolute Gasteiger partial charge is 0.0822 e. The second-order valence-electron chi connectivity index (χ2n) is 3.92. The van der Waals surface area contributed by atoms with Crippen molar-refractivity contribution in [3.8, 4) is 0 Å². The number of nitrogens with one attached hydrogen (secondary N) is 1. The number of hydrogen-bond acceptors (Lipinski definition) is 4. The lowest BCUT2D eigenvalue weighted by Gasteiger charge is -2.33. The second kappa shape index (κ2) is 5.35. The lowest BCUT2D eigenvalue weighted by Crippen LogP contribution is -2.48. The van der Waals surface area contributed by atoms with E-state index in [-0.39, 0.29) is 0 Å². The zero-order valence-corrected chi connectivity index (χ0v) is 9.52. The third-order valence-corrected chi connectivity index (χ3v) is 4.07. The summed E-state index contributed by atoms with van der Waals surface area (Å²) in [6.07, 6.45) is 1.56. The fourth-order valence-corrected chi connectivity index (χ4v) is 3.19. The summed E-state index contributed by atoms with van der Waals surface area (Å²) in [5, 5.41) is 3.40. The maximum atomic E-state index is 5.80. The van der Waals surface area contributed by atoms with Crippen LogP contribution in [0.5, 0.6) is 0 Å². The van der Waals surface area contributed by atoms with Crippen LogP contribution < -0.4 is 5.32 Å². The molecule has 1 N–H and O–H groups in total. The minimum absolute atomic E-state index is 0.380. The lowest BCUT2D eigenvalue weighted by atomic mass is 9.95. The van der Waals surface area contributed by atoms with Gasteiger partial charge in [0, 0.05) is 30.1 Å². The van der Waals surface area contributed by atoms with Gasteiger partial charge in [-0.25, -0.2) is 0 Å². The number of likely N-dealkylation sites (N-methyl/N-ethyl adjacent to an activating group) is 1. The quantitative estimate of drug-likeness (QED) is 0.755. The molecule has 2 aliphatic rings. The topological polar surface area (TPSA) is 30.5 Å². The summed E-state index contributed by atoms with van der Waals surface area (Å²) in [6.45, 7) is 2.72. The molecule has 82 valence electrons. The summed E-state index contributed by atoms with van der Waals surface area (Å²) in [4.78, 5) is 0. The minimum atomic E-state index is 0.380. The van der Waals surface area contributed by atoms with Crippen LogP contribution in [-0.2, 0) is 9.47 Å². The fraction of sp³-hybridized carbons (Fsp3) is 1.00. The molecule has 4 heteroatoms. The van der Waals surface area contributed by atoms with Crippen LogP contribution in [0, 0.1) is 5.92 Å². The minimum Gasteiger partial charge on any atom is -0.381 e. The highest BCUT2D eigenvalue weighted by atomic mass is 32.2. The highest BCUT2D eigenvalue weighted by molar-refractivity contribution is 7.99. The van der Waals surface area contributed by atoms with E-state index in [1.165, 1.54) is 6.42 Å². The van der Waals surface area contributed by atoms with Crippen molar-refractivity contribution in [1.29, 1.82) is 0 Å². The molecular weight excluding hydrogens is 198 g/mol. The van der Waals surface area contributed by atoms with Gasteiger partial charge in [-0.3, -0.25) is 0 Å². The van der Waals surface area contributed by atoms with E-state index in [9.17, 15) is 0 Å². The van der Waals surface area contributed by atoms with E-state index in [0.29, 0.717) is 18.1 Å². The Labute approximate surface area is 89.9 Å². The Morgan fingerprint density at radius 2 is 2.36 bits per heavy atom. The molecule has 3 unspecified atom stereocenters. The van der Waals surface area contributed by atoms with Crippen LogP contribution in [0.3, 0.4) is 0 Å². The Morgan fingerprint density at radius 3 is 2.93 bits per heavy atom. The number of thioether (sulfide) groups is 1. The highest BCUT2D eigenvalue weighted by Gasteiger charge is 2.32.